The van der Waals surface area contributed by atoms with Crippen LogP contribution in [0.3, 0.4) is 0 Å². The van der Waals surface area contributed by atoms with E-state index in [2.05, 4.69) is 5.32 Å². The first-order chi connectivity index (χ1) is 13.4. The summed E-state index contributed by atoms with van der Waals surface area (Å²) in [7, 11) is 0. The van der Waals surface area contributed by atoms with E-state index >= 15 is 0 Å². The molecular weight excluding hydrogens is 365 g/mol. The molecule has 0 aromatic heterocycles. The fraction of sp³-hybridized carbons (Fsp3) is 0.500. The summed E-state index contributed by atoms with van der Waals surface area (Å²) in [6.45, 7) is 1.61. The molecule has 1 N–H and O–H groups in total. The molecule has 8 heteroatoms. The van der Waals surface area contributed by atoms with Crippen molar-refractivity contribution >= 4 is 23.8 Å². The van der Waals surface area contributed by atoms with Gasteiger partial charge in [-0.05, 0) is 36.8 Å². The summed E-state index contributed by atoms with van der Waals surface area (Å²) in [5.41, 5.74) is 0.462. The molecule has 1 saturated carbocycles. The van der Waals surface area contributed by atoms with Crippen LogP contribution in [-0.2, 0) is 20.8 Å². The van der Waals surface area contributed by atoms with Gasteiger partial charge in [0.15, 0.2) is 0 Å². The van der Waals surface area contributed by atoms with Crippen molar-refractivity contribution in [3.05, 3.63) is 35.6 Å². The molecule has 1 saturated heterocycles. The van der Waals surface area contributed by atoms with Gasteiger partial charge in [-0.25, -0.2) is 14.1 Å². The molecule has 3 rings (SSSR count). The number of halogens is 1. The van der Waals surface area contributed by atoms with Crippen molar-refractivity contribution in [3.8, 4) is 0 Å². The quantitative estimate of drug-likeness (QED) is 0.594. The average Bonchev–Trinajstić information content (AvgIpc) is 2.87. The molecule has 1 aromatic carbocycles. The number of nitrogens with zero attached hydrogens (tertiary/aromatic N) is 2. The number of urea groups is 1. The van der Waals surface area contributed by atoms with Crippen LogP contribution in [0.15, 0.2) is 24.3 Å². The monoisotopic (exact) mass is 389 g/mol. The number of benzene rings is 1. The Morgan fingerprint density at radius 1 is 1.14 bits per heavy atom. The van der Waals surface area contributed by atoms with Gasteiger partial charge in [-0.2, -0.15) is 0 Å². The maximum absolute atomic E-state index is 13.6. The third-order valence-electron chi connectivity index (χ3n) is 5.46. The summed E-state index contributed by atoms with van der Waals surface area (Å²) in [6, 6.07) is 5.22. The molecule has 0 unspecified atom stereocenters. The van der Waals surface area contributed by atoms with Gasteiger partial charge in [0.2, 0.25) is 5.91 Å². The van der Waals surface area contributed by atoms with Crippen molar-refractivity contribution in [3.63, 3.8) is 0 Å². The van der Waals surface area contributed by atoms with Crippen LogP contribution in [0.5, 0.6) is 0 Å². The molecule has 2 fully saturated rings. The lowest BCUT2D eigenvalue weighted by atomic mass is 9.85. The summed E-state index contributed by atoms with van der Waals surface area (Å²) >= 11 is 0. The molecule has 150 valence electrons. The van der Waals surface area contributed by atoms with Crippen molar-refractivity contribution in [1.82, 2.24) is 15.1 Å². The average molecular weight is 389 g/mol. The molecule has 1 aliphatic heterocycles. The summed E-state index contributed by atoms with van der Waals surface area (Å²) in [5, 5.41) is 2.56. The van der Waals surface area contributed by atoms with Crippen LogP contribution in [0.2, 0.25) is 0 Å². The number of nitrogens with one attached hydrogen (secondary N) is 1. The normalized spacial score (nSPS) is 22.7. The van der Waals surface area contributed by atoms with E-state index in [1.807, 2.05) is 6.92 Å². The van der Waals surface area contributed by atoms with Crippen LogP contribution >= 0.6 is 0 Å². The second-order valence-electron chi connectivity index (χ2n) is 7.37. The molecule has 1 aliphatic carbocycles. The summed E-state index contributed by atoms with van der Waals surface area (Å²) in [5.74, 6) is -2.62. The van der Waals surface area contributed by atoms with Crippen molar-refractivity contribution in [2.75, 3.05) is 13.1 Å². The highest BCUT2D eigenvalue weighted by molar-refractivity contribution is 6.45. The molecule has 2 atom stereocenters. The molecule has 0 bridgehead atoms. The molecule has 5 amide bonds. The largest absolute Gasteiger partial charge is 0.354 e. The zero-order chi connectivity index (χ0) is 20.3. The van der Waals surface area contributed by atoms with Crippen LogP contribution in [-0.4, -0.2) is 52.7 Å². The number of hydrogen-bond donors (Lipinski definition) is 1. The van der Waals surface area contributed by atoms with E-state index in [0.29, 0.717) is 16.9 Å². The van der Waals surface area contributed by atoms with Gasteiger partial charge in [0.25, 0.3) is 0 Å². The highest BCUT2D eigenvalue weighted by Crippen LogP contribution is 2.31. The summed E-state index contributed by atoms with van der Waals surface area (Å²) < 4.78 is 13.6. The molecular formula is C20H24FN3O4. The highest BCUT2D eigenvalue weighted by atomic mass is 19.1. The Bertz CT molecular complexity index is 797. The zero-order valence-corrected chi connectivity index (χ0v) is 15.8. The summed E-state index contributed by atoms with van der Waals surface area (Å²) in [4.78, 5) is 51.1. The van der Waals surface area contributed by atoms with Gasteiger partial charge in [-0.15, -0.1) is 0 Å². The van der Waals surface area contributed by atoms with Gasteiger partial charge in [0.05, 0.1) is 0 Å². The van der Waals surface area contributed by atoms with Crippen molar-refractivity contribution in [1.29, 1.82) is 0 Å². The Morgan fingerprint density at radius 2 is 1.86 bits per heavy atom. The lowest BCUT2D eigenvalue weighted by Crippen LogP contribution is -2.47. The minimum Gasteiger partial charge on any atom is -0.354 e. The van der Waals surface area contributed by atoms with Crippen LogP contribution in [0.4, 0.5) is 9.18 Å². The SMILES string of the molecule is C[C@@H]1CCCC[C@@H]1N1C(=O)C(=O)N(CC(=O)NCCc2ccccc2F)C1=O. The van der Waals surface area contributed by atoms with Gasteiger partial charge < -0.3 is 5.32 Å². The number of imide groups is 2. The minimum absolute atomic E-state index is 0.129. The second kappa shape index (κ2) is 8.50. The molecule has 0 radical (unpaired) electrons. The van der Waals surface area contributed by atoms with Gasteiger partial charge in [-0.1, -0.05) is 38.0 Å². The first kappa shape index (κ1) is 20.0. The number of carbonyl (C=O) groups is 4. The molecule has 1 heterocycles. The lowest BCUT2D eigenvalue weighted by molar-refractivity contribution is -0.145. The van der Waals surface area contributed by atoms with Crippen LogP contribution in [0, 0.1) is 11.7 Å². The third-order valence-corrected chi connectivity index (χ3v) is 5.46. The van der Waals surface area contributed by atoms with Crippen molar-refractivity contribution in [2.45, 2.75) is 45.1 Å². The van der Waals surface area contributed by atoms with E-state index in [-0.39, 0.29) is 30.7 Å². The predicted molar refractivity (Wildman–Crippen MR) is 98.5 cm³/mol. The van der Waals surface area contributed by atoms with Crippen LogP contribution in [0.25, 0.3) is 0 Å². The van der Waals surface area contributed by atoms with Crippen molar-refractivity contribution < 1.29 is 23.6 Å². The fourth-order valence-electron chi connectivity index (χ4n) is 3.87. The maximum atomic E-state index is 13.6. The Balaban J connectivity index is 1.56. The van der Waals surface area contributed by atoms with Gasteiger partial charge in [0, 0.05) is 12.6 Å². The standard InChI is InChI=1S/C20H24FN3O4/c1-13-6-2-5-9-16(13)24-19(27)18(26)23(20(24)28)12-17(25)22-11-10-14-7-3-4-8-15(14)21/h3-4,7-8,13,16H,2,5-6,9-12H2,1H3,(H,22,25)/t13-,16+/m1/s1. The van der Waals surface area contributed by atoms with Crippen LogP contribution < -0.4 is 5.32 Å². The van der Waals surface area contributed by atoms with E-state index in [4.69, 9.17) is 0 Å². The summed E-state index contributed by atoms with van der Waals surface area (Å²) in [6.07, 6.45) is 3.79. The van der Waals surface area contributed by atoms with E-state index in [0.717, 1.165) is 24.2 Å². The van der Waals surface area contributed by atoms with E-state index in [1.54, 1.807) is 18.2 Å². The van der Waals surface area contributed by atoms with Crippen molar-refractivity contribution in [2.24, 2.45) is 5.92 Å². The number of carbonyl (C=O) groups excluding carboxylic acids is 4. The molecule has 28 heavy (non-hydrogen) atoms. The topological polar surface area (TPSA) is 86.8 Å². The second-order valence-corrected chi connectivity index (χ2v) is 7.37. The zero-order valence-electron chi connectivity index (χ0n) is 15.8. The van der Waals surface area contributed by atoms with Gasteiger partial charge in [-0.3, -0.25) is 19.3 Å². The molecule has 0 spiro atoms. The Kier molecular flexibility index (Phi) is 6.06. The lowest BCUT2D eigenvalue weighted by Gasteiger charge is -2.34. The highest BCUT2D eigenvalue weighted by Gasteiger charge is 2.49. The number of hydrogen-bond acceptors (Lipinski definition) is 4. The Labute approximate surface area is 162 Å². The Hall–Kier alpha value is -2.77. The van der Waals surface area contributed by atoms with E-state index in [9.17, 15) is 23.6 Å². The smallest absolute Gasteiger partial charge is 0.334 e. The van der Waals surface area contributed by atoms with Crippen LogP contribution in [0.1, 0.15) is 38.2 Å². The minimum atomic E-state index is -0.966. The third kappa shape index (κ3) is 4.05. The predicted octanol–water partition coefficient (Wildman–Crippen LogP) is 1.85. The van der Waals surface area contributed by atoms with E-state index < -0.39 is 30.3 Å². The molecule has 2 aliphatic rings. The Morgan fingerprint density at radius 3 is 2.57 bits per heavy atom. The molecule has 1 aromatic rings. The number of rotatable bonds is 6. The number of amides is 5. The maximum Gasteiger partial charge on any atom is 0.334 e. The van der Waals surface area contributed by atoms with E-state index in [1.165, 1.54) is 6.07 Å². The first-order valence-electron chi connectivity index (χ1n) is 9.59. The first-order valence-corrected chi connectivity index (χ1v) is 9.59. The fourth-order valence-corrected chi connectivity index (χ4v) is 3.87. The molecule has 7 nitrogen and oxygen atoms in total. The van der Waals surface area contributed by atoms with Gasteiger partial charge >= 0.3 is 17.8 Å². The van der Waals surface area contributed by atoms with Gasteiger partial charge in [0.1, 0.15) is 12.4 Å².